The summed E-state index contributed by atoms with van der Waals surface area (Å²) in [6.45, 7) is 4.09. The van der Waals surface area contributed by atoms with Crippen molar-refractivity contribution in [2.24, 2.45) is 0 Å². The molecule has 4 nitrogen and oxygen atoms in total. The summed E-state index contributed by atoms with van der Waals surface area (Å²) in [5, 5.41) is 3.04. The van der Waals surface area contributed by atoms with Crippen LogP contribution in [0.15, 0.2) is 18.2 Å². The Morgan fingerprint density at radius 1 is 1.20 bits per heavy atom. The van der Waals surface area contributed by atoms with Crippen LogP contribution < -0.4 is 5.01 Å². The second-order valence-corrected chi connectivity index (χ2v) is 5.93. The van der Waals surface area contributed by atoms with Crippen molar-refractivity contribution in [3.05, 3.63) is 29.0 Å². The van der Waals surface area contributed by atoms with Gasteiger partial charge in [0.15, 0.2) is 0 Å². The van der Waals surface area contributed by atoms with Crippen molar-refractivity contribution in [3.63, 3.8) is 0 Å². The molecule has 108 valence electrons. The smallest absolute Gasteiger partial charge is 0.130 e. The van der Waals surface area contributed by atoms with Gasteiger partial charge in [0.05, 0.1) is 10.5 Å². The third-order valence-corrected chi connectivity index (χ3v) is 4.25. The minimum Gasteiger partial charge on any atom is -0.308 e. The van der Waals surface area contributed by atoms with Gasteiger partial charge in [-0.3, -0.25) is 0 Å². The molecule has 1 aromatic carbocycles. The van der Waals surface area contributed by atoms with E-state index in [4.69, 9.17) is 23.2 Å². The van der Waals surface area contributed by atoms with Gasteiger partial charge in [0.1, 0.15) is 11.3 Å². The van der Waals surface area contributed by atoms with E-state index in [1.807, 2.05) is 12.1 Å². The Balaban J connectivity index is 2.07. The number of aryl methyl sites for hydroxylation is 1. The first kappa shape index (κ1) is 14.0. The monoisotopic (exact) mass is 312 g/mol. The largest absolute Gasteiger partial charge is 0.308 e. The van der Waals surface area contributed by atoms with Crippen LogP contribution in [0.1, 0.15) is 5.82 Å². The first-order valence-electron chi connectivity index (χ1n) is 6.86. The van der Waals surface area contributed by atoms with E-state index in [0.717, 1.165) is 49.5 Å². The van der Waals surface area contributed by atoms with Crippen molar-refractivity contribution < 1.29 is 0 Å². The van der Waals surface area contributed by atoms with Gasteiger partial charge < -0.3 is 9.91 Å². The van der Waals surface area contributed by atoms with Crippen molar-refractivity contribution in [1.29, 1.82) is 0 Å². The molecule has 0 aliphatic carbocycles. The molecular formula is C14H18Cl2N4. The van der Waals surface area contributed by atoms with E-state index in [1.165, 1.54) is 0 Å². The molecule has 0 bridgehead atoms. The highest BCUT2D eigenvalue weighted by Gasteiger charge is 2.20. The highest BCUT2D eigenvalue weighted by atomic mass is 35.5. The van der Waals surface area contributed by atoms with Gasteiger partial charge in [0.25, 0.3) is 0 Å². The number of hydrogen-bond acceptors (Lipinski definition) is 3. The quantitative estimate of drug-likeness (QED) is 0.813. The number of hydrogen-bond donors (Lipinski definition) is 0. The van der Waals surface area contributed by atoms with E-state index in [-0.39, 0.29) is 0 Å². The SMILES string of the molecule is CN1CCN(n2c(CCCl)nc3c(Cl)cccc32)CC1. The zero-order chi connectivity index (χ0) is 14.1. The Kier molecular flexibility index (Phi) is 4.06. The molecule has 1 aliphatic rings. The number of rotatable bonds is 3. The van der Waals surface area contributed by atoms with Gasteiger partial charge in [-0.1, -0.05) is 17.7 Å². The zero-order valence-electron chi connectivity index (χ0n) is 11.5. The second kappa shape index (κ2) is 5.80. The van der Waals surface area contributed by atoms with Crippen molar-refractivity contribution in [3.8, 4) is 0 Å². The van der Waals surface area contributed by atoms with Gasteiger partial charge in [-0.15, -0.1) is 11.6 Å². The van der Waals surface area contributed by atoms with Crippen LogP contribution in [-0.2, 0) is 6.42 Å². The van der Waals surface area contributed by atoms with Crippen LogP contribution in [0.5, 0.6) is 0 Å². The average Bonchev–Trinajstić information content (AvgIpc) is 2.80. The van der Waals surface area contributed by atoms with E-state index < -0.39 is 0 Å². The zero-order valence-corrected chi connectivity index (χ0v) is 13.0. The Morgan fingerprint density at radius 2 is 1.95 bits per heavy atom. The third-order valence-electron chi connectivity index (χ3n) is 3.76. The summed E-state index contributed by atoms with van der Waals surface area (Å²) in [4.78, 5) is 7.02. The predicted molar refractivity (Wildman–Crippen MR) is 84.6 cm³/mol. The summed E-state index contributed by atoms with van der Waals surface area (Å²) in [5.41, 5.74) is 1.94. The first-order valence-corrected chi connectivity index (χ1v) is 7.77. The van der Waals surface area contributed by atoms with Crippen LogP contribution in [0, 0.1) is 0 Å². The number of nitrogens with zero attached hydrogens (tertiary/aromatic N) is 4. The van der Waals surface area contributed by atoms with Gasteiger partial charge in [-0.05, 0) is 19.2 Å². The number of alkyl halides is 1. The third kappa shape index (κ3) is 2.48. The number of imidazole rings is 1. The highest BCUT2D eigenvalue weighted by Crippen LogP contribution is 2.25. The van der Waals surface area contributed by atoms with Crippen LogP contribution >= 0.6 is 23.2 Å². The number of aromatic nitrogens is 2. The van der Waals surface area contributed by atoms with Gasteiger partial charge >= 0.3 is 0 Å². The fourth-order valence-corrected chi connectivity index (χ4v) is 3.04. The second-order valence-electron chi connectivity index (χ2n) is 5.14. The molecule has 0 unspecified atom stereocenters. The Morgan fingerprint density at radius 3 is 2.65 bits per heavy atom. The molecule has 1 aliphatic heterocycles. The Labute approximate surface area is 128 Å². The molecule has 0 radical (unpaired) electrons. The minimum absolute atomic E-state index is 0.564. The maximum Gasteiger partial charge on any atom is 0.130 e. The van der Waals surface area contributed by atoms with Crippen molar-refractivity contribution >= 4 is 34.2 Å². The predicted octanol–water partition coefficient (Wildman–Crippen LogP) is 2.35. The fraction of sp³-hybridized carbons (Fsp3) is 0.500. The molecule has 1 fully saturated rings. The number of likely N-dealkylation sites (N-methyl/N-ethyl adjacent to an activating group) is 1. The van der Waals surface area contributed by atoms with Crippen LogP contribution in [-0.4, -0.2) is 53.7 Å². The molecule has 0 saturated carbocycles. The molecule has 6 heteroatoms. The van der Waals surface area contributed by atoms with Crippen LogP contribution in [0.2, 0.25) is 5.02 Å². The molecule has 20 heavy (non-hydrogen) atoms. The number of para-hydroxylation sites is 1. The number of halogens is 2. The number of benzene rings is 1. The van der Waals surface area contributed by atoms with Gasteiger partial charge in [-0.25, -0.2) is 9.66 Å². The summed E-state index contributed by atoms with van der Waals surface area (Å²) in [6.07, 6.45) is 0.749. The molecule has 0 spiro atoms. The summed E-state index contributed by atoms with van der Waals surface area (Å²) < 4.78 is 2.20. The number of fused-ring (bicyclic) bond motifs is 1. The molecular weight excluding hydrogens is 295 g/mol. The Hall–Kier alpha value is -0.970. The average molecular weight is 313 g/mol. The molecule has 0 N–H and O–H groups in total. The van der Waals surface area contributed by atoms with Gasteiger partial charge in [-0.2, -0.15) is 0 Å². The summed E-state index contributed by atoms with van der Waals surface area (Å²) in [7, 11) is 2.15. The van der Waals surface area contributed by atoms with E-state index in [9.17, 15) is 0 Å². The van der Waals surface area contributed by atoms with E-state index >= 15 is 0 Å². The molecule has 1 aromatic heterocycles. The number of piperazine rings is 1. The summed E-state index contributed by atoms with van der Waals surface area (Å²) >= 11 is 12.2. The van der Waals surface area contributed by atoms with Crippen molar-refractivity contribution in [1.82, 2.24) is 14.6 Å². The summed E-state index contributed by atoms with van der Waals surface area (Å²) in [6, 6.07) is 5.93. The maximum absolute atomic E-state index is 6.27. The molecule has 3 rings (SSSR count). The lowest BCUT2D eigenvalue weighted by Gasteiger charge is -2.35. The molecule has 0 amide bonds. The lowest BCUT2D eigenvalue weighted by Crippen LogP contribution is -2.50. The molecule has 0 atom stereocenters. The Bertz CT molecular complexity index is 602. The molecule has 1 saturated heterocycles. The van der Waals surface area contributed by atoms with Crippen LogP contribution in [0.25, 0.3) is 11.0 Å². The van der Waals surface area contributed by atoms with Crippen LogP contribution in [0.4, 0.5) is 0 Å². The minimum atomic E-state index is 0.564. The molecule has 2 heterocycles. The van der Waals surface area contributed by atoms with Gasteiger partial charge in [0.2, 0.25) is 0 Å². The normalized spacial score (nSPS) is 17.1. The van der Waals surface area contributed by atoms with E-state index in [0.29, 0.717) is 10.9 Å². The standard InChI is InChI=1S/C14H18Cl2N4/c1-18-7-9-19(10-8-18)20-12-4-2-3-11(16)14(12)17-13(20)5-6-15/h2-4H,5-10H2,1H3. The first-order chi connectivity index (χ1) is 9.70. The summed E-state index contributed by atoms with van der Waals surface area (Å²) in [5.74, 6) is 1.56. The van der Waals surface area contributed by atoms with Crippen molar-refractivity contribution in [2.45, 2.75) is 6.42 Å². The van der Waals surface area contributed by atoms with E-state index in [2.05, 4.69) is 32.7 Å². The van der Waals surface area contributed by atoms with Gasteiger partial charge in [0, 0.05) is 38.5 Å². The van der Waals surface area contributed by atoms with Crippen LogP contribution in [0.3, 0.4) is 0 Å². The maximum atomic E-state index is 6.27. The topological polar surface area (TPSA) is 24.3 Å². The molecule has 2 aromatic rings. The van der Waals surface area contributed by atoms with E-state index in [1.54, 1.807) is 0 Å². The lowest BCUT2D eigenvalue weighted by atomic mass is 10.3. The fourth-order valence-electron chi connectivity index (χ4n) is 2.66. The lowest BCUT2D eigenvalue weighted by molar-refractivity contribution is 0.287. The van der Waals surface area contributed by atoms with Crippen molar-refractivity contribution in [2.75, 3.05) is 44.1 Å². The highest BCUT2D eigenvalue weighted by molar-refractivity contribution is 6.34.